The zero-order valence-corrected chi connectivity index (χ0v) is 11.6. The minimum Gasteiger partial charge on any atom is -0.320 e. The van der Waals surface area contributed by atoms with Crippen molar-refractivity contribution in [3.63, 3.8) is 0 Å². The van der Waals surface area contributed by atoms with E-state index < -0.39 is 10.0 Å². The number of hydrogen-bond donors (Lipinski definition) is 2. The van der Waals surface area contributed by atoms with Crippen LogP contribution in [0.15, 0.2) is 23.4 Å². The molecule has 1 aromatic rings. The molecule has 2 rings (SSSR count). The summed E-state index contributed by atoms with van der Waals surface area (Å²) in [7, 11) is -3.54. The average molecular weight is 279 g/mol. The number of sulfonamides is 1. The predicted octanol–water partition coefficient (Wildman–Crippen LogP) is 0.613. The molecule has 1 fully saturated rings. The number of nitrogens with zero attached hydrogens (tertiary/aromatic N) is 1. The minimum absolute atomic E-state index is 0.143. The molecule has 0 saturated heterocycles. The van der Waals surface area contributed by atoms with Crippen molar-refractivity contribution in [2.24, 2.45) is 5.73 Å². The van der Waals surface area contributed by atoms with Gasteiger partial charge in [-0.05, 0) is 32.3 Å². The van der Waals surface area contributed by atoms with Crippen molar-refractivity contribution in [3.8, 4) is 11.8 Å². The zero-order chi connectivity index (χ0) is 13.9. The molecule has 0 bridgehead atoms. The van der Waals surface area contributed by atoms with E-state index in [1.165, 1.54) is 18.5 Å². The van der Waals surface area contributed by atoms with Crippen molar-refractivity contribution < 1.29 is 8.42 Å². The third kappa shape index (κ3) is 3.32. The molecule has 0 aromatic carbocycles. The Kier molecular flexibility index (Phi) is 3.90. The number of hydrogen-bond acceptors (Lipinski definition) is 4. The van der Waals surface area contributed by atoms with Crippen LogP contribution in [0, 0.1) is 11.8 Å². The van der Waals surface area contributed by atoms with Gasteiger partial charge in [-0.25, -0.2) is 13.1 Å². The number of rotatable bonds is 3. The average Bonchev–Trinajstić information content (AvgIpc) is 2.34. The Morgan fingerprint density at radius 3 is 2.79 bits per heavy atom. The summed E-state index contributed by atoms with van der Waals surface area (Å²) in [5.41, 5.74) is 5.51. The highest BCUT2D eigenvalue weighted by atomic mass is 32.2. The molecule has 19 heavy (non-hydrogen) atoms. The fourth-order valence-electron chi connectivity index (χ4n) is 1.98. The predicted molar refractivity (Wildman–Crippen MR) is 72.7 cm³/mol. The Balaban J connectivity index is 2.25. The van der Waals surface area contributed by atoms with Crippen molar-refractivity contribution in [2.75, 3.05) is 6.54 Å². The fraction of sp³-hybridized carbons (Fsp3) is 0.462. The first-order valence-electron chi connectivity index (χ1n) is 6.13. The van der Waals surface area contributed by atoms with Crippen LogP contribution in [0.1, 0.15) is 31.7 Å². The van der Waals surface area contributed by atoms with Gasteiger partial charge in [0.05, 0.1) is 6.54 Å². The van der Waals surface area contributed by atoms with Crippen LogP contribution in [0.5, 0.6) is 0 Å². The molecule has 0 atom stereocenters. The minimum atomic E-state index is -3.54. The standard InChI is InChI=1S/C13H17N3O2S/c1-13(5-3-6-13)16-19(17,18)12-8-11(4-2-7-14)9-15-10-12/h8-10,16H,3,5-7,14H2,1H3. The van der Waals surface area contributed by atoms with Crippen LogP contribution in [0.25, 0.3) is 0 Å². The van der Waals surface area contributed by atoms with E-state index in [2.05, 4.69) is 21.5 Å². The molecular weight excluding hydrogens is 262 g/mol. The van der Waals surface area contributed by atoms with Gasteiger partial charge in [0.2, 0.25) is 10.0 Å². The molecule has 0 radical (unpaired) electrons. The SMILES string of the molecule is CC1(NS(=O)(=O)c2cncc(C#CCN)c2)CCC1. The quantitative estimate of drug-likeness (QED) is 0.794. The molecule has 0 spiro atoms. The Hall–Kier alpha value is -1.42. The first-order chi connectivity index (χ1) is 8.95. The van der Waals surface area contributed by atoms with Crippen molar-refractivity contribution >= 4 is 10.0 Å². The third-order valence-electron chi connectivity index (χ3n) is 3.20. The summed E-state index contributed by atoms with van der Waals surface area (Å²) in [6.07, 6.45) is 5.64. The highest BCUT2D eigenvalue weighted by Gasteiger charge is 2.36. The molecule has 6 heteroatoms. The molecule has 0 aliphatic heterocycles. The lowest BCUT2D eigenvalue weighted by atomic mass is 9.80. The van der Waals surface area contributed by atoms with E-state index in [9.17, 15) is 8.42 Å². The molecule has 0 unspecified atom stereocenters. The van der Waals surface area contributed by atoms with Gasteiger partial charge in [-0.2, -0.15) is 0 Å². The maximum Gasteiger partial charge on any atom is 0.242 e. The summed E-state index contributed by atoms with van der Waals surface area (Å²) in [6.45, 7) is 2.15. The second kappa shape index (κ2) is 5.29. The van der Waals surface area contributed by atoms with Crippen LogP contribution in [0.3, 0.4) is 0 Å². The molecule has 1 saturated carbocycles. The van der Waals surface area contributed by atoms with Gasteiger partial charge in [0.1, 0.15) is 4.90 Å². The van der Waals surface area contributed by atoms with Crippen LogP contribution < -0.4 is 10.5 Å². The first-order valence-corrected chi connectivity index (χ1v) is 7.61. The van der Waals surface area contributed by atoms with Gasteiger partial charge in [0.15, 0.2) is 0 Å². The van der Waals surface area contributed by atoms with E-state index in [4.69, 9.17) is 5.73 Å². The van der Waals surface area contributed by atoms with Crippen molar-refractivity contribution in [2.45, 2.75) is 36.6 Å². The second-order valence-electron chi connectivity index (χ2n) is 4.93. The van der Waals surface area contributed by atoms with Crippen LogP contribution in [-0.2, 0) is 10.0 Å². The molecule has 5 nitrogen and oxygen atoms in total. The Bertz CT molecular complexity index is 625. The molecule has 1 aliphatic carbocycles. The molecule has 0 amide bonds. The van der Waals surface area contributed by atoms with E-state index >= 15 is 0 Å². The fourth-order valence-corrected chi connectivity index (χ4v) is 3.43. The summed E-state index contributed by atoms with van der Waals surface area (Å²) in [5, 5.41) is 0. The molecule has 3 N–H and O–H groups in total. The maximum absolute atomic E-state index is 12.2. The lowest BCUT2D eigenvalue weighted by Gasteiger charge is -2.38. The van der Waals surface area contributed by atoms with E-state index in [0.717, 1.165) is 19.3 Å². The van der Waals surface area contributed by atoms with Crippen molar-refractivity contribution in [1.29, 1.82) is 0 Å². The first kappa shape index (κ1) is 14.0. The summed E-state index contributed by atoms with van der Waals surface area (Å²) in [6, 6.07) is 1.51. The van der Waals surface area contributed by atoms with Crippen molar-refractivity contribution in [1.82, 2.24) is 9.71 Å². The normalized spacial score (nSPS) is 17.2. The van der Waals surface area contributed by atoms with Gasteiger partial charge in [0, 0.05) is 23.5 Å². The highest BCUT2D eigenvalue weighted by molar-refractivity contribution is 7.89. The van der Waals surface area contributed by atoms with E-state index in [-0.39, 0.29) is 17.0 Å². The van der Waals surface area contributed by atoms with E-state index in [1.807, 2.05) is 6.92 Å². The molecule has 102 valence electrons. The topological polar surface area (TPSA) is 85.1 Å². The Labute approximate surface area is 113 Å². The zero-order valence-electron chi connectivity index (χ0n) is 10.8. The Morgan fingerprint density at radius 1 is 1.47 bits per heavy atom. The van der Waals surface area contributed by atoms with Crippen LogP contribution in [0.4, 0.5) is 0 Å². The van der Waals surface area contributed by atoms with Crippen LogP contribution in [0.2, 0.25) is 0 Å². The van der Waals surface area contributed by atoms with Crippen molar-refractivity contribution in [3.05, 3.63) is 24.0 Å². The Morgan fingerprint density at radius 2 is 2.21 bits per heavy atom. The van der Waals surface area contributed by atoms with E-state index in [1.54, 1.807) is 0 Å². The van der Waals surface area contributed by atoms with Crippen LogP contribution in [-0.4, -0.2) is 25.5 Å². The van der Waals surface area contributed by atoms with Gasteiger partial charge in [-0.1, -0.05) is 11.8 Å². The highest BCUT2D eigenvalue weighted by Crippen LogP contribution is 2.32. The largest absolute Gasteiger partial charge is 0.320 e. The third-order valence-corrected chi connectivity index (χ3v) is 4.80. The number of aromatic nitrogens is 1. The lowest BCUT2D eigenvalue weighted by Crippen LogP contribution is -2.50. The molecular formula is C13H17N3O2S. The molecule has 1 heterocycles. The second-order valence-corrected chi connectivity index (χ2v) is 6.62. The van der Waals surface area contributed by atoms with Gasteiger partial charge in [-0.15, -0.1) is 0 Å². The summed E-state index contributed by atoms with van der Waals surface area (Å²) >= 11 is 0. The summed E-state index contributed by atoms with van der Waals surface area (Å²) in [5.74, 6) is 5.45. The lowest BCUT2D eigenvalue weighted by molar-refractivity contribution is 0.248. The number of pyridine rings is 1. The maximum atomic E-state index is 12.2. The number of nitrogens with one attached hydrogen (secondary N) is 1. The molecule has 1 aliphatic rings. The van der Waals surface area contributed by atoms with Gasteiger partial charge in [0.25, 0.3) is 0 Å². The van der Waals surface area contributed by atoms with Gasteiger partial charge in [-0.3, -0.25) is 4.98 Å². The summed E-state index contributed by atoms with van der Waals surface area (Å²) in [4.78, 5) is 4.06. The molecule has 1 aromatic heterocycles. The van der Waals surface area contributed by atoms with E-state index in [0.29, 0.717) is 5.56 Å². The van der Waals surface area contributed by atoms with Gasteiger partial charge < -0.3 is 5.73 Å². The van der Waals surface area contributed by atoms with Gasteiger partial charge >= 0.3 is 0 Å². The summed E-state index contributed by atoms with van der Waals surface area (Å²) < 4.78 is 27.2. The number of nitrogens with two attached hydrogens (primary N) is 1. The monoisotopic (exact) mass is 279 g/mol. The van der Waals surface area contributed by atoms with Crippen LogP contribution >= 0.6 is 0 Å². The smallest absolute Gasteiger partial charge is 0.242 e.